The van der Waals surface area contributed by atoms with Crippen molar-refractivity contribution < 1.29 is 23.1 Å². The molecule has 11 heteroatoms. The molecule has 1 amide bonds. The molecule has 0 unspecified atom stereocenters. The average Bonchev–Trinajstić information content (AvgIpc) is 3.26. The highest BCUT2D eigenvalue weighted by molar-refractivity contribution is 7.93. The molecular weight excluding hydrogens is 585 g/mol. The van der Waals surface area contributed by atoms with Crippen LogP contribution in [0.25, 0.3) is 0 Å². The Kier molecular flexibility index (Phi) is 10.5. The Labute approximate surface area is 251 Å². The van der Waals surface area contributed by atoms with Gasteiger partial charge in [0, 0.05) is 41.3 Å². The lowest BCUT2D eigenvalue weighted by molar-refractivity contribution is 0.0829. The van der Waals surface area contributed by atoms with Crippen molar-refractivity contribution in [2.75, 3.05) is 23.1 Å². The van der Waals surface area contributed by atoms with Crippen LogP contribution in [0.2, 0.25) is 10.0 Å². The van der Waals surface area contributed by atoms with Crippen LogP contribution in [0.5, 0.6) is 5.75 Å². The molecule has 0 aromatic heterocycles. The summed E-state index contributed by atoms with van der Waals surface area (Å²) in [5.74, 6) is 0.00851. The Morgan fingerprint density at radius 3 is 2.37 bits per heavy atom. The fraction of sp³-hybridized carbons (Fsp3) is 0.367. The number of amides is 1. The van der Waals surface area contributed by atoms with E-state index in [1.165, 1.54) is 4.31 Å². The molecular formula is C30H35Cl2N3O5S. The first-order valence-electron chi connectivity index (χ1n) is 13.5. The quantitative estimate of drug-likeness (QED) is 0.268. The number of carbonyl (C=O) groups is 1. The van der Waals surface area contributed by atoms with Crippen molar-refractivity contribution in [3.8, 4) is 5.75 Å². The predicted molar refractivity (Wildman–Crippen MR) is 164 cm³/mol. The third-order valence-electron chi connectivity index (χ3n) is 6.60. The minimum atomic E-state index is -3.46. The summed E-state index contributed by atoms with van der Waals surface area (Å²) in [4.78, 5) is 13.6. The average molecular weight is 621 g/mol. The summed E-state index contributed by atoms with van der Waals surface area (Å²) < 4.78 is 32.4. The zero-order chi connectivity index (χ0) is 29.6. The molecule has 1 heterocycles. The van der Waals surface area contributed by atoms with Crippen LogP contribution >= 0.6 is 23.2 Å². The van der Waals surface area contributed by atoms with Gasteiger partial charge in [0.25, 0.3) is 5.91 Å². The van der Waals surface area contributed by atoms with E-state index in [1.807, 2.05) is 44.2 Å². The van der Waals surface area contributed by atoms with E-state index >= 15 is 0 Å². The molecule has 1 saturated heterocycles. The lowest BCUT2D eigenvalue weighted by Crippen LogP contribution is -2.48. The van der Waals surface area contributed by atoms with Crippen molar-refractivity contribution in [2.24, 2.45) is 0 Å². The number of halogens is 2. The SMILES string of the molecule is CC(C)Oc1cc(C(=O)N[C@@H](Cc2ccccc2)[C@H](O)CNCc2cc(Cl)cc(Cl)c2)cc(N2CCCS2(=O)=O)c1. The molecule has 0 bridgehead atoms. The highest BCUT2D eigenvalue weighted by atomic mass is 35.5. The van der Waals surface area contributed by atoms with Crippen molar-refractivity contribution in [3.05, 3.63) is 93.5 Å². The van der Waals surface area contributed by atoms with E-state index in [2.05, 4.69) is 10.6 Å². The number of sulfonamides is 1. The zero-order valence-electron chi connectivity index (χ0n) is 23.0. The van der Waals surface area contributed by atoms with Gasteiger partial charge in [-0.3, -0.25) is 9.10 Å². The largest absolute Gasteiger partial charge is 0.491 e. The molecule has 41 heavy (non-hydrogen) atoms. The molecule has 8 nitrogen and oxygen atoms in total. The summed E-state index contributed by atoms with van der Waals surface area (Å²) in [6, 6.07) is 18.9. The highest BCUT2D eigenvalue weighted by Gasteiger charge is 2.30. The Bertz CT molecular complexity index is 1430. The molecule has 0 saturated carbocycles. The second-order valence-corrected chi connectivity index (χ2v) is 13.3. The molecule has 0 radical (unpaired) electrons. The van der Waals surface area contributed by atoms with Crippen LogP contribution in [-0.2, 0) is 23.0 Å². The number of aliphatic hydroxyl groups is 1. The Balaban J connectivity index is 1.54. The number of benzene rings is 3. The Hall–Kier alpha value is -2.82. The standard InChI is InChI=1S/C30H35Cl2N3O5S/c1-20(2)40-27-15-23(14-26(17-27)35-9-6-10-41(35,38)39)30(37)34-28(13-21-7-4-3-5-8-21)29(36)19-33-18-22-11-24(31)16-25(32)12-22/h3-5,7-8,11-12,14-17,20,28-29,33,36H,6,9-10,13,18-19H2,1-2H3,(H,34,37)/t28-,29+/m0/s1. The molecule has 0 aliphatic carbocycles. The Morgan fingerprint density at radius 2 is 1.73 bits per heavy atom. The monoisotopic (exact) mass is 619 g/mol. The van der Waals surface area contributed by atoms with Gasteiger partial charge in [-0.2, -0.15) is 0 Å². The van der Waals surface area contributed by atoms with E-state index in [9.17, 15) is 18.3 Å². The summed E-state index contributed by atoms with van der Waals surface area (Å²) in [5.41, 5.74) is 2.43. The lowest BCUT2D eigenvalue weighted by atomic mass is 10.00. The van der Waals surface area contributed by atoms with E-state index in [1.54, 1.807) is 36.4 Å². The summed E-state index contributed by atoms with van der Waals surface area (Å²) in [5, 5.41) is 18.4. The van der Waals surface area contributed by atoms with Gasteiger partial charge in [-0.1, -0.05) is 53.5 Å². The number of carbonyl (C=O) groups excluding carboxylic acids is 1. The van der Waals surface area contributed by atoms with Gasteiger partial charge in [-0.25, -0.2) is 8.42 Å². The highest BCUT2D eigenvalue weighted by Crippen LogP contribution is 2.30. The zero-order valence-corrected chi connectivity index (χ0v) is 25.3. The summed E-state index contributed by atoms with van der Waals surface area (Å²) >= 11 is 12.2. The molecule has 1 aliphatic rings. The van der Waals surface area contributed by atoms with Crippen LogP contribution in [0.1, 0.15) is 41.8 Å². The van der Waals surface area contributed by atoms with E-state index in [0.717, 1.165) is 11.1 Å². The number of hydrogen-bond donors (Lipinski definition) is 3. The lowest BCUT2D eigenvalue weighted by Gasteiger charge is -2.26. The second-order valence-electron chi connectivity index (χ2n) is 10.4. The van der Waals surface area contributed by atoms with Gasteiger partial charge in [0.05, 0.1) is 29.7 Å². The van der Waals surface area contributed by atoms with Crippen LogP contribution in [0, 0.1) is 0 Å². The Morgan fingerprint density at radius 1 is 1.02 bits per heavy atom. The van der Waals surface area contributed by atoms with Crippen molar-refractivity contribution in [2.45, 2.75) is 51.5 Å². The first-order chi connectivity index (χ1) is 19.5. The molecule has 220 valence electrons. The van der Waals surface area contributed by atoms with Gasteiger partial charge in [0.1, 0.15) is 5.75 Å². The first kappa shape index (κ1) is 31.1. The van der Waals surface area contributed by atoms with Crippen LogP contribution in [0.15, 0.2) is 66.7 Å². The molecule has 0 spiro atoms. The number of nitrogens with one attached hydrogen (secondary N) is 2. The van der Waals surface area contributed by atoms with Crippen LogP contribution in [0.3, 0.4) is 0 Å². The number of rotatable bonds is 12. The number of anilines is 1. The van der Waals surface area contributed by atoms with E-state index in [0.29, 0.717) is 47.4 Å². The third kappa shape index (κ3) is 8.83. The van der Waals surface area contributed by atoms with Gasteiger partial charge < -0.3 is 20.5 Å². The first-order valence-corrected chi connectivity index (χ1v) is 15.9. The van der Waals surface area contributed by atoms with E-state index in [4.69, 9.17) is 27.9 Å². The van der Waals surface area contributed by atoms with E-state index < -0.39 is 28.1 Å². The smallest absolute Gasteiger partial charge is 0.251 e. The molecule has 4 rings (SSSR count). The normalized spacial score (nSPS) is 16.0. The number of nitrogens with zero attached hydrogens (tertiary/aromatic N) is 1. The van der Waals surface area contributed by atoms with Gasteiger partial charge in [-0.05, 0) is 68.1 Å². The van der Waals surface area contributed by atoms with Crippen molar-refractivity contribution in [3.63, 3.8) is 0 Å². The third-order valence-corrected chi connectivity index (χ3v) is 8.90. The predicted octanol–water partition coefficient (Wildman–Crippen LogP) is 4.81. The number of ether oxygens (including phenoxy) is 1. The van der Waals surface area contributed by atoms with Crippen molar-refractivity contribution >= 4 is 44.8 Å². The molecule has 3 aromatic rings. The van der Waals surface area contributed by atoms with Crippen molar-refractivity contribution in [1.82, 2.24) is 10.6 Å². The summed E-state index contributed by atoms with van der Waals surface area (Å²) in [7, 11) is -3.46. The van der Waals surface area contributed by atoms with Crippen molar-refractivity contribution in [1.29, 1.82) is 0 Å². The molecule has 3 N–H and O–H groups in total. The maximum atomic E-state index is 13.6. The second kappa shape index (κ2) is 13.9. The molecule has 1 aliphatic heterocycles. The fourth-order valence-corrected chi connectivity index (χ4v) is 6.87. The van der Waals surface area contributed by atoms with Gasteiger partial charge in [0.2, 0.25) is 10.0 Å². The van der Waals surface area contributed by atoms with Crippen LogP contribution in [0.4, 0.5) is 5.69 Å². The maximum Gasteiger partial charge on any atom is 0.251 e. The van der Waals surface area contributed by atoms with Gasteiger partial charge in [-0.15, -0.1) is 0 Å². The number of aliphatic hydroxyl groups excluding tert-OH is 1. The minimum absolute atomic E-state index is 0.0591. The maximum absolute atomic E-state index is 13.6. The van der Waals surface area contributed by atoms with Gasteiger partial charge in [0.15, 0.2) is 0 Å². The minimum Gasteiger partial charge on any atom is -0.491 e. The summed E-state index contributed by atoms with van der Waals surface area (Å²) in [6.07, 6.45) is -0.223. The van der Waals surface area contributed by atoms with Crippen LogP contribution < -0.4 is 19.7 Å². The fourth-order valence-electron chi connectivity index (χ4n) is 4.75. The molecule has 3 aromatic carbocycles. The molecule has 2 atom stereocenters. The van der Waals surface area contributed by atoms with Crippen LogP contribution in [-0.4, -0.2) is 56.5 Å². The van der Waals surface area contributed by atoms with Gasteiger partial charge >= 0.3 is 0 Å². The summed E-state index contributed by atoms with van der Waals surface area (Å²) in [6.45, 7) is 4.67. The van der Waals surface area contributed by atoms with E-state index in [-0.39, 0.29) is 24.0 Å². The number of hydrogen-bond acceptors (Lipinski definition) is 6. The molecule has 1 fully saturated rings. The topological polar surface area (TPSA) is 108 Å².